The molecule has 1 saturated carbocycles. The van der Waals surface area contributed by atoms with Gasteiger partial charge in [-0.05, 0) is 31.5 Å². The zero-order valence-corrected chi connectivity index (χ0v) is 12.1. The van der Waals surface area contributed by atoms with Crippen molar-refractivity contribution < 1.29 is 9.53 Å². The summed E-state index contributed by atoms with van der Waals surface area (Å²) in [4.78, 5) is 11.2. The second kappa shape index (κ2) is 8.29. The van der Waals surface area contributed by atoms with Crippen LogP contribution in [0, 0.1) is 0 Å². The van der Waals surface area contributed by atoms with Crippen LogP contribution in [0.3, 0.4) is 0 Å². The summed E-state index contributed by atoms with van der Waals surface area (Å²) in [5.41, 5.74) is 0. The van der Waals surface area contributed by atoms with Gasteiger partial charge in [-0.1, -0.05) is 26.2 Å². The van der Waals surface area contributed by atoms with Gasteiger partial charge in [0.25, 0.3) is 0 Å². The minimum Gasteiger partial charge on any atom is -0.469 e. The second-order valence-electron chi connectivity index (χ2n) is 4.84. The van der Waals surface area contributed by atoms with E-state index in [1.54, 1.807) is 0 Å². The van der Waals surface area contributed by atoms with Crippen molar-refractivity contribution in [2.45, 2.75) is 64.0 Å². The van der Waals surface area contributed by atoms with Crippen LogP contribution in [0.15, 0.2) is 0 Å². The number of ether oxygens (including phenoxy) is 1. The summed E-state index contributed by atoms with van der Waals surface area (Å²) >= 11 is 5.29. The molecular formula is C13H24N2O2S. The first kappa shape index (κ1) is 15.2. The molecule has 1 aliphatic carbocycles. The maximum atomic E-state index is 11.2. The lowest BCUT2D eigenvalue weighted by atomic mass is 9.96. The van der Waals surface area contributed by atoms with Crippen LogP contribution in [0.4, 0.5) is 0 Å². The molecule has 2 N–H and O–H groups in total. The number of nitrogens with one attached hydrogen (secondary N) is 2. The van der Waals surface area contributed by atoms with E-state index in [4.69, 9.17) is 12.2 Å². The van der Waals surface area contributed by atoms with Crippen molar-refractivity contribution in [3.8, 4) is 0 Å². The maximum Gasteiger partial charge on any atom is 0.307 e. The smallest absolute Gasteiger partial charge is 0.307 e. The van der Waals surface area contributed by atoms with Gasteiger partial charge in [0.2, 0.25) is 0 Å². The highest BCUT2D eigenvalue weighted by molar-refractivity contribution is 7.80. The Balaban J connectivity index is 2.29. The van der Waals surface area contributed by atoms with Gasteiger partial charge in [-0.3, -0.25) is 4.79 Å². The van der Waals surface area contributed by atoms with Gasteiger partial charge in [0.05, 0.1) is 13.5 Å². The van der Waals surface area contributed by atoms with Crippen LogP contribution in [0.25, 0.3) is 0 Å². The van der Waals surface area contributed by atoms with Crippen LogP contribution >= 0.6 is 12.2 Å². The van der Waals surface area contributed by atoms with Crippen LogP contribution in [0.1, 0.15) is 51.9 Å². The van der Waals surface area contributed by atoms with Gasteiger partial charge < -0.3 is 15.4 Å². The minimum absolute atomic E-state index is 0.0565. The van der Waals surface area contributed by atoms with Crippen LogP contribution in [0.5, 0.6) is 0 Å². The molecule has 0 aliphatic heterocycles. The quantitative estimate of drug-likeness (QED) is 0.593. The van der Waals surface area contributed by atoms with Gasteiger partial charge in [-0.2, -0.15) is 0 Å². The van der Waals surface area contributed by atoms with Gasteiger partial charge in [0, 0.05) is 12.1 Å². The maximum absolute atomic E-state index is 11.2. The molecule has 0 amide bonds. The van der Waals surface area contributed by atoms with Crippen molar-refractivity contribution in [1.29, 1.82) is 0 Å². The molecule has 0 aromatic heterocycles. The molecule has 1 unspecified atom stereocenters. The highest BCUT2D eigenvalue weighted by Gasteiger charge is 2.17. The Morgan fingerprint density at radius 2 is 2.06 bits per heavy atom. The monoisotopic (exact) mass is 272 g/mol. The molecule has 1 aliphatic rings. The fourth-order valence-corrected chi connectivity index (χ4v) is 2.57. The van der Waals surface area contributed by atoms with Crippen LogP contribution in [-0.4, -0.2) is 30.3 Å². The van der Waals surface area contributed by atoms with E-state index < -0.39 is 0 Å². The standard InChI is InChI=1S/C13H24N2O2S/c1-3-10(9-12(16)17-2)14-13(18)15-11-7-5-4-6-8-11/h10-11H,3-9H2,1-2H3,(H2,14,15,18). The molecular weight excluding hydrogens is 248 g/mol. The van der Waals surface area contributed by atoms with Crippen molar-refractivity contribution in [3.05, 3.63) is 0 Å². The SMILES string of the molecule is CCC(CC(=O)OC)NC(=S)NC1CCCCC1. The van der Waals surface area contributed by atoms with Crippen molar-refractivity contribution in [2.24, 2.45) is 0 Å². The third-order valence-corrected chi connectivity index (χ3v) is 3.64. The first-order chi connectivity index (χ1) is 8.65. The van der Waals surface area contributed by atoms with Crippen LogP contribution in [-0.2, 0) is 9.53 Å². The summed E-state index contributed by atoms with van der Waals surface area (Å²) < 4.78 is 4.67. The topological polar surface area (TPSA) is 50.4 Å². The predicted octanol–water partition coefficient (Wildman–Crippen LogP) is 2.12. The largest absolute Gasteiger partial charge is 0.469 e. The van der Waals surface area contributed by atoms with E-state index in [1.807, 2.05) is 6.92 Å². The van der Waals surface area contributed by atoms with E-state index in [0.717, 1.165) is 6.42 Å². The summed E-state index contributed by atoms with van der Waals surface area (Å²) in [6, 6.07) is 0.551. The normalized spacial score (nSPS) is 17.9. The van der Waals surface area contributed by atoms with Gasteiger partial charge >= 0.3 is 5.97 Å². The number of rotatable bonds is 5. The predicted molar refractivity (Wildman–Crippen MR) is 76.5 cm³/mol. The fourth-order valence-electron chi connectivity index (χ4n) is 2.24. The molecule has 4 nitrogen and oxygen atoms in total. The number of thiocarbonyl (C=S) groups is 1. The van der Waals surface area contributed by atoms with Crippen molar-refractivity contribution in [1.82, 2.24) is 10.6 Å². The Kier molecular flexibility index (Phi) is 7.01. The summed E-state index contributed by atoms with van der Waals surface area (Å²) in [6.07, 6.45) is 7.48. The first-order valence-corrected chi connectivity index (χ1v) is 7.20. The number of carbonyl (C=O) groups is 1. The van der Waals surface area contributed by atoms with Crippen LogP contribution < -0.4 is 10.6 Å². The summed E-state index contributed by atoms with van der Waals surface area (Å²) in [6.45, 7) is 2.03. The second-order valence-corrected chi connectivity index (χ2v) is 5.25. The molecule has 0 aromatic rings. The molecule has 104 valence electrons. The lowest BCUT2D eigenvalue weighted by Crippen LogP contribution is -2.47. The molecule has 0 aromatic carbocycles. The number of hydrogen-bond acceptors (Lipinski definition) is 3. The van der Waals surface area contributed by atoms with Gasteiger partial charge in [0.1, 0.15) is 0 Å². The molecule has 0 heterocycles. The third kappa shape index (κ3) is 5.67. The van der Waals surface area contributed by atoms with Gasteiger partial charge in [-0.25, -0.2) is 0 Å². The lowest BCUT2D eigenvalue weighted by Gasteiger charge is -2.26. The Morgan fingerprint density at radius 1 is 1.39 bits per heavy atom. The number of carbonyl (C=O) groups excluding carboxylic acids is 1. The molecule has 1 atom stereocenters. The van der Waals surface area contributed by atoms with Crippen LogP contribution in [0.2, 0.25) is 0 Å². The average molecular weight is 272 g/mol. The third-order valence-electron chi connectivity index (χ3n) is 3.41. The lowest BCUT2D eigenvalue weighted by molar-refractivity contribution is -0.141. The van der Waals surface area contributed by atoms with Crippen molar-refractivity contribution in [2.75, 3.05) is 7.11 Å². The molecule has 1 fully saturated rings. The molecule has 18 heavy (non-hydrogen) atoms. The summed E-state index contributed by atoms with van der Waals surface area (Å²) in [7, 11) is 1.41. The van der Waals surface area contributed by atoms with Crippen molar-refractivity contribution in [3.63, 3.8) is 0 Å². The molecule has 1 rings (SSSR count). The average Bonchev–Trinajstić information content (AvgIpc) is 2.38. The van der Waals surface area contributed by atoms with E-state index in [1.165, 1.54) is 39.2 Å². The summed E-state index contributed by atoms with van der Waals surface area (Å²) in [5, 5.41) is 7.21. The Hall–Kier alpha value is -0.840. The highest BCUT2D eigenvalue weighted by atomic mass is 32.1. The Morgan fingerprint density at radius 3 is 2.61 bits per heavy atom. The Bertz CT molecular complexity index is 278. The van der Waals surface area contributed by atoms with E-state index >= 15 is 0 Å². The Labute approximate surface area is 115 Å². The van der Waals surface area contributed by atoms with Gasteiger partial charge in [-0.15, -0.1) is 0 Å². The van der Waals surface area contributed by atoms with Gasteiger partial charge in [0.15, 0.2) is 5.11 Å². The van der Waals surface area contributed by atoms with Crippen molar-refractivity contribution >= 4 is 23.3 Å². The fraction of sp³-hybridized carbons (Fsp3) is 0.846. The molecule has 0 bridgehead atoms. The molecule has 0 spiro atoms. The van der Waals surface area contributed by atoms with E-state index in [9.17, 15) is 4.79 Å². The number of esters is 1. The first-order valence-electron chi connectivity index (χ1n) is 6.79. The zero-order valence-electron chi connectivity index (χ0n) is 11.3. The molecule has 5 heteroatoms. The molecule has 0 radical (unpaired) electrons. The van der Waals surface area contributed by atoms with E-state index in [0.29, 0.717) is 17.6 Å². The number of hydrogen-bond donors (Lipinski definition) is 2. The number of methoxy groups -OCH3 is 1. The summed E-state index contributed by atoms with van der Waals surface area (Å²) in [5.74, 6) is -0.199. The highest BCUT2D eigenvalue weighted by Crippen LogP contribution is 2.17. The minimum atomic E-state index is -0.199. The zero-order chi connectivity index (χ0) is 13.4. The van der Waals surface area contributed by atoms with E-state index in [-0.39, 0.29) is 12.0 Å². The molecule has 0 saturated heterocycles. The van der Waals surface area contributed by atoms with E-state index in [2.05, 4.69) is 15.4 Å².